The van der Waals surface area contributed by atoms with Crippen molar-refractivity contribution in [3.63, 3.8) is 0 Å². The third kappa shape index (κ3) is 4.22. The standard InChI is InChI=1S/C3H6ClF/c4-2-1-3-5/h1-3H2/i5-1. The molecule has 0 amide bonds. The summed E-state index contributed by atoms with van der Waals surface area (Å²) < 4.78 is 10.9. The van der Waals surface area contributed by atoms with E-state index in [0.29, 0.717) is 12.3 Å². The van der Waals surface area contributed by atoms with Crippen LogP contribution in [0.4, 0.5) is 4.39 Å². The average molecular weight is 95.5 g/mol. The number of hydrogen-bond acceptors (Lipinski definition) is 0. The Labute approximate surface area is 35.9 Å². The van der Waals surface area contributed by atoms with Crippen LogP contribution >= 0.6 is 11.6 Å². The van der Waals surface area contributed by atoms with Gasteiger partial charge in [-0.3, -0.25) is 4.39 Å². The van der Waals surface area contributed by atoms with Crippen LogP contribution < -0.4 is 0 Å². The van der Waals surface area contributed by atoms with Gasteiger partial charge in [0.1, 0.15) is 0 Å². The van der Waals surface area contributed by atoms with Crippen molar-refractivity contribution < 1.29 is 4.39 Å². The van der Waals surface area contributed by atoms with Crippen molar-refractivity contribution in [2.45, 2.75) is 6.42 Å². The first kappa shape index (κ1) is 5.22. The predicted molar refractivity (Wildman–Crippen MR) is 21.3 cm³/mol. The third-order valence-electron chi connectivity index (χ3n) is 0.267. The van der Waals surface area contributed by atoms with Crippen molar-refractivity contribution in [1.82, 2.24) is 0 Å². The van der Waals surface area contributed by atoms with Gasteiger partial charge in [0, 0.05) is 5.88 Å². The highest BCUT2D eigenvalue weighted by Crippen LogP contribution is 1.81. The highest BCUT2D eigenvalue weighted by Gasteiger charge is 1.73. The lowest BCUT2D eigenvalue weighted by Gasteiger charge is -1.74. The van der Waals surface area contributed by atoms with E-state index in [9.17, 15) is 4.39 Å². The molecule has 0 N–H and O–H groups in total. The highest BCUT2D eigenvalue weighted by atomic mass is 35.5. The number of halogens is 2. The van der Waals surface area contributed by atoms with E-state index in [2.05, 4.69) is 0 Å². The van der Waals surface area contributed by atoms with Crippen LogP contribution in [-0.4, -0.2) is 12.6 Å². The molecule has 0 radical (unpaired) electrons. The Kier molecular flexibility index (Phi) is 4.41. The summed E-state index contributed by atoms with van der Waals surface area (Å²) in [5, 5.41) is 0. The molecule has 0 unspecified atom stereocenters. The molecular weight excluding hydrogens is 89.5 g/mol. The lowest BCUT2D eigenvalue weighted by molar-refractivity contribution is 0.488. The molecule has 0 aliphatic heterocycles. The third-order valence-corrected chi connectivity index (χ3v) is 0.535. The first-order chi connectivity index (χ1) is 2.41. The molecule has 0 spiro atoms. The molecule has 0 heterocycles. The molecule has 0 bridgehead atoms. The van der Waals surface area contributed by atoms with Crippen LogP contribution in [-0.2, 0) is 0 Å². The Morgan fingerprint density at radius 2 is 2.20 bits per heavy atom. The van der Waals surface area contributed by atoms with Gasteiger partial charge in [-0.1, -0.05) is 0 Å². The Morgan fingerprint density at radius 3 is 2.20 bits per heavy atom. The summed E-state index contributed by atoms with van der Waals surface area (Å²) in [7, 11) is 0. The van der Waals surface area contributed by atoms with Crippen molar-refractivity contribution in [3.05, 3.63) is 0 Å². The first-order valence-corrected chi connectivity index (χ1v) is 2.07. The van der Waals surface area contributed by atoms with Gasteiger partial charge in [0.05, 0.1) is 6.67 Å². The SMILES string of the molecule is [18F]CCCCl. The molecule has 0 aliphatic rings. The van der Waals surface area contributed by atoms with Gasteiger partial charge >= 0.3 is 0 Å². The number of hydrogen-bond donors (Lipinski definition) is 0. The van der Waals surface area contributed by atoms with Gasteiger partial charge in [0.2, 0.25) is 0 Å². The molecule has 0 aliphatic carbocycles. The van der Waals surface area contributed by atoms with E-state index in [1.165, 1.54) is 0 Å². The molecule has 0 saturated heterocycles. The zero-order chi connectivity index (χ0) is 4.12. The molecule has 0 aromatic carbocycles. The Morgan fingerprint density at radius 1 is 1.60 bits per heavy atom. The van der Waals surface area contributed by atoms with Gasteiger partial charge in [-0.05, 0) is 6.42 Å². The molecule has 2 heteroatoms. The maximum Gasteiger partial charge on any atom is 0.0905 e. The van der Waals surface area contributed by atoms with E-state index < -0.39 is 0 Å². The van der Waals surface area contributed by atoms with Crippen LogP contribution in [0.15, 0.2) is 0 Å². The summed E-state index contributed by atoms with van der Waals surface area (Å²) in [6.45, 7) is -0.288. The van der Waals surface area contributed by atoms with Crippen molar-refractivity contribution >= 4 is 11.6 Å². The van der Waals surface area contributed by atoms with Gasteiger partial charge in [0.25, 0.3) is 0 Å². The maximum atomic E-state index is 10.9. The highest BCUT2D eigenvalue weighted by molar-refractivity contribution is 6.17. The van der Waals surface area contributed by atoms with Gasteiger partial charge in [-0.2, -0.15) is 0 Å². The fourth-order valence-corrected chi connectivity index (χ4v) is 0.152. The summed E-state index contributed by atoms with van der Waals surface area (Å²) in [6, 6.07) is 0. The van der Waals surface area contributed by atoms with Crippen LogP contribution in [0.25, 0.3) is 0 Å². The van der Waals surface area contributed by atoms with Crippen LogP contribution in [0.5, 0.6) is 0 Å². The first-order valence-electron chi connectivity index (χ1n) is 1.53. The second-order valence-electron chi connectivity index (χ2n) is 0.732. The smallest absolute Gasteiger partial charge is 0.0905 e. The fraction of sp³-hybridized carbons (Fsp3) is 1.00. The summed E-state index contributed by atoms with van der Waals surface area (Å²) >= 11 is 5.06. The minimum Gasteiger partial charge on any atom is -0.251 e. The molecule has 0 saturated carbocycles. The summed E-state index contributed by atoms with van der Waals surface area (Å²) in [6.07, 6.45) is 0.488. The normalized spacial score (nSPS) is 8.40. The van der Waals surface area contributed by atoms with Crippen molar-refractivity contribution in [2.24, 2.45) is 0 Å². The monoisotopic (exact) mass is 95.0 g/mol. The summed E-state index contributed by atoms with van der Waals surface area (Å²) in [5.41, 5.74) is 0. The van der Waals surface area contributed by atoms with Gasteiger partial charge in [-0.25, -0.2) is 0 Å². The van der Waals surface area contributed by atoms with E-state index in [1.807, 2.05) is 0 Å². The van der Waals surface area contributed by atoms with E-state index in [-0.39, 0.29) is 6.67 Å². The molecule has 0 atom stereocenters. The minimum atomic E-state index is -0.288. The number of alkyl halides is 2. The Bertz CT molecular complexity index is 14.4. The maximum absolute atomic E-state index is 10.9. The second-order valence-corrected chi connectivity index (χ2v) is 1.11. The Hall–Kier alpha value is 0.220. The molecule has 5 heavy (non-hydrogen) atoms. The van der Waals surface area contributed by atoms with Crippen LogP contribution in [0, 0.1) is 0 Å². The van der Waals surface area contributed by atoms with E-state index in [0.717, 1.165) is 0 Å². The summed E-state index contributed by atoms with van der Waals surface area (Å²) in [5.74, 6) is 0.441. The largest absolute Gasteiger partial charge is 0.251 e. The van der Waals surface area contributed by atoms with Crippen molar-refractivity contribution in [3.8, 4) is 0 Å². The molecular formula is C3H6ClF. The fourth-order valence-electron chi connectivity index (χ4n) is 0.0505. The quantitative estimate of drug-likeness (QED) is 0.457. The zero-order valence-electron chi connectivity index (χ0n) is 2.88. The van der Waals surface area contributed by atoms with Crippen LogP contribution in [0.1, 0.15) is 6.42 Å². The van der Waals surface area contributed by atoms with E-state index in [4.69, 9.17) is 11.6 Å². The van der Waals surface area contributed by atoms with Gasteiger partial charge < -0.3 is 0 Å². The van der Waals surface area contributed by atoms with E-state index >= 15 is 0 Å². The molecule has 0 aromatic rings. The lowest BCUT2D eigenvalue weighted by Crippen LogP contribution is -1.72. The van der Waals surface area contributed by atoms with Crippen molar-refractivity contribution in [2.75, 3.05) is 12.6 Å². The topological polar surface area (TPSA) is 0 Å². The van der Waals surface area contributed by atoms with Crippen molar-refractivity contribution in [1.29, 1.82) is 0 Å². The zero-order valence-corrected chi connectivity index (χ0v) is 3.63. The van der Waals surface area contributed by atoms with E-state index in [1.54, 1.807) is 0 Å². The van der Waals surface area contributed by atoms with Crippen LogP contribution in [0.2, 0.25) is 0 Å². The molecule has 0 nitrogen and oxygen atoms in total. The average Bonchev–Trinajstić information content (AvgIpc) is 1.41. The van der Waals surface area contributed by atoms with Gasteiger partial charge in [-0.15, -0.1) is 11.6 Å². The Balaban J connectivity index is 2.19. The predicted octanol–water partition coefficient (Wildman–Crippen LogP) is 1.58. The summed E-state index contributed by atoms with van der Waals surface area (Å²) in [4.78, 5) is 0. The second kappa shape index (κ2) is 4.22. The van der Waals surface area contributed by atoms with Crippen LogP contribution in [0.3, 0.4) is 0 Å². The molecule has 0 fully saturated rings. The molecule has 0 aromatic heterocycles. The van der Waals surface area contributed by atoms with Gasteiger partial charge in [0.15, 0.2) is 0 Å². The molecule has 0 rings (SSSR count). The number of rotatable bonds is 2. The lowest BCUT2D eigenvalue weighted by atomic mass is 10.6. The minimum absolute atomic E-state index is 0.288. The molecule has 32 valence electrons.